The van der Waals surface area contributed by atoms with Crippen molar-refractivity contribution in [3.63, 3.8) is 0 Å². The van der Waals surface area contributed by atoms with Crippen LogP contribution in [-0.4, -0.2) is 11.1 Å². The fourth-order valence-corrected chi connectivity index (χ4v) is 1.89. The van der Waals surface area contributed by atoms with Gasteiger partial charge in [0.25, 0.3) is 0 Å². The van der Waals surface area contributed by atoms with E-state index in [1.54, 1.807) is 24.3 Å². The van der Waals surface area contributed by atoms with Crippen LogP contribution in [0.1, 0.15) is 15.9 Å². The number of rotatable bonds is 2. The zero-order chi connectivity index (χ0) is 12.4. The summed E-state index contributed by atoms with van der Waals surface area (Å²) in [5, 5.41) is 9.13. The minimum atomic E-state index is -0.930. The highest BCUT2D eigenvalue weighted by molar-refractivity contribution is 5.96. The molecule has 0 fully saturated rings. The zero-order valence-corrected chi connectivity index (χ0v) is 9.47. The van der Waals surface area contributed by atoms with Gasteiger partial charge in [-0.15, -0.1) is 0 Å². The lowest BCUT2D eigenvalue weighted by Gasteiger charge is -2.08. The van der Waals surface area contributed by atoms with Gasteiger partial charge in [0, 0.05) is 5.69 Å². The Morgan fingerprint density at radius 3 is 2.53 bits per heavy atom. The van der Waals surface area contributed by atoms with Crippen molar-refractivity contribution in [2.45, 2.75) is 6.92 Å². The topological polar surface area (TPSA) is 63.3 Å². The predicted molar refractivity (Wildman–Crippen MR) is 68.0 cm³/mol. The van der Waals surface area contributed by atoms with Crippen molar-refractivity contribution in [3.8, 4) is 11.1 Å². The van der Waals surface area contributed by atoms with Gasteiger partial charge in [-0.3, -0.25) is 0 Å². The van der Waals surface area contributed by atoms with Crippen LogP contribution < -0.4 is 5.73 Å². The third kappa shape index (κ3) is 2.28. The molecule has 17 heavy (non-hydrogen) atoms. The molecule has 0 aliphatic rings. The Labute approximate surface area is 99.5 Å². The molecule has 86 valence electrons. The minimum Gasteiger partial charge on any atom is -0.478 e. The van der Waals surface area contributed by atoms with E-state index < -0.39 is 5.97 Å². The van der Waals surface area contributed by atoms with Crippen molar-refractivity contribution >= 4 is 11.7 Å². The van der Waals surface area contributed by atoms with Gasteiger partial charge in [0.15, 0.2) is 0 Å². The second-order valence-corrected chi connectivity index (χ2v) is 3.98. The van der Waals surface area contributed by atoms with E-state index in [4.69, 9.17) is 10.8 Å². The van der Waals surface area contributed by atoms with Crippen LogP contribution in [0.4, 0.5) is 5.69 Å². The lowest BCUT2D eigenvalue weighted by atomic mass is 9.98. The Morgan fingerprint density at radius 1 is 1.18 bits per heavy atom. The number of anilines is 1. The summed E-state index contributed by atoms with van der Waals surface area (Å²) in [6.45, 7) is 1.93. The van der Waals surface area contributed by atoms with Crippen LogP contribution in [-0.2, 0) is 0 Å². The number of hydrogen-bond acceptors (Lipinski definition) is 2. The molecule has 0 saturated carbocycles. The molecule has 0 radical (unpaired) electrons. The summed E-state index contributed by atoms with van der Waals surface area (Å²) in [5.74, 6) is -0.930. The van der Waals surface area contributed by atoms with E-state index in [9.17, 15) is 4.79 Å². The summed E-state index contributed by atoms with van der Waals surface area (Å²) in [5.41, 5.74) is 9.24. The van der Waals surface area contributed by atoms with Gasteiger partial charge >= 0.3 is 5.97 Å². The largest absolute Gasteiger partial charge is 0.478 e. The highest BCUT2D eigenvalue weighted by Crippen LogP contribution is 2.26. The number of nitrogens with two attached hydrogens (primary N) is 1. The maximum Gasteiger partial charge on any atom is 0.336 e. The third-order valence-electron chi connectivity index (χ3n) is 2.57. The average Bonchev–Trinajstić information content (AvgIpc) is 2.27. The van der Waals surface area contributed by atoms with Gasteiger partial charge in [-0.25, -0.2) is 4.79 Å². The first kappa shape index (κ1) is 11.2. The van der Waals surface area contributed by atoms with Crippen molar-refractivity contribution in [1.82, 2.24) is 0 Å². The van der Waals surface area contributed by atoms with E-state index in [1.165, 1.54) is 0 Å². The van der Waals surface area contributed by atoms with E-state index in [2.05, 4.69) is 0 Å². The lowest BCUT2D eigenvalue weighted by Crippen LogP contribution is -1.99. The Kier molecular flexibility index (Phi) is 2.83. The number of aromatic carboxylic acids is 1. The summed E-state index contributed by atoms with van der Waals surface area (Å²) in [7, 11) is 0. The first-order valence-corrected chi connectivity index (χ1v) is 5.28. The summed E-state index contributed by atoms with van der Waals surface area (Å²) in [6.07, 6.45) is 0. The van der Waals surface area contributed by atoms with E-state index in [-0.39, 0.29) is 5.56 Å². The number of carbonyl (C=O) groups is 1. The molecule has 0 aliphatic carbocycles. The normalized spacial score (nSPS) is 10.2. The minimum absolute atomic E-state index is 0.289. The number of carboxylic acid groups (broad SMARTS) is 1. The quantitative estimate of drug-likeness (QED) is 0.775. The van der Waals surface area contributed by atoms with Crippen molar-refractivity contribution in [2.24, 2.45) is 0 Å². The van der Waals surface area contributed by atoms with Gasteiger partial charge in [0.05, 0.1) is 5.56 Å². The maximum atomic E-state index is 11.1. The molecule has 0 saturated heterocycles. The Balaban J connectivity index is 2.64. The molecular formula is C14H13NO2. The molecule has 0 heterocycles. The number of hydrogen-bond donors (Lipinski definition) is 2. The van der Waals surface area contributed by atoms with Crippen molar-refractivity contribution in [3.05, 3.63) is 53.6 Å². The molecule has 0 unspecified atom stereocenters. The predicted octanol–water partition coefficient (Wildman–Crippen LogP) is 2.94. The standard InChI is InChI=1S/C14H13NO2/c1-9-6-10(8-11(15)7-9)12-4-2-3-5-13(12)14(16)17/h2-8H,15H2,1H3,(H,16,17). The molecule has 0 atom stereocenters. The van der Waals surface area contributed by atoms with E-state index in [0.717, 1.165) is 11.1 Å². The van der Waals surface area contributed by atoms with Crippen molar-refractivity contribution in [2.75, 3.05) is 5.73 Å². The second kappa shape index (κ2) is 4.29. The lowest BCUT2D eigenvalue weighted by molar-refractivity contribution is 0.0697. The molecule has 3 N–H and O–H groups in total. The summed E-state index contributed by atoms with van der Waals surface area (Å²) in [6, 6.07) is 12.5. The average molecular weight is 227 g/mol. The highest BCUT2D eigenvalue weighted by Gasteiger charge is 2.11. The summed E-state index contributed by atoms with van der Waals surface area (Å²) in [4.78, 5) is 11.1. The van der Waals surface area contributed by atoms with Crippen LogP contribution in [0, 0.1) is 6.92 Å². The fourth-order valence-electron chi connectivity index (χ4n) is 1.89. The van der Waals surface area contributed by atoms with Crippen LogP contribution in [0.15, 0.2) is 42.5 Å². The molecule has 0 aromatic heterocycles. The van der Waals surface area contributed by atoms with Crippen LogP contribution >= 0.6 is 0 Å². The molecule has 3 heteroatoms. The first-order valence-electron chi connectivity index (χ1n) is 5.28. The van der Waals surface area contributed by atoms with E-state index in [0.29, 0.717) is 11.3 Å². The van der Waals surface area contributed by atoms with Crippen LogP contribution in [0.25, 0.3) is 11.1 Å². The molecule has 2 aromatic rings. The van der Waals surface area contributed by atoms with Gasteiger partial charge in [-0.05, 0) is 41.8 Å². The SMILES string of the molecule is Cc1cc(N)cc(-c2ccccc2C(=O)O)c1. The van der Waals surface area contributed by atoms with Crippen LogP contribution in [0.3, 0.4) is 0 Å². The molecule has 3 nitrogen and oxygen atoms in total. The first-order chi connectivity index (χ1) is 8.08. The van der Waals surface area contributed by atoms with Crippen LogP contribution in [0.5, 0.6) is 0 Å². The zero-order valence-electron chi connectivity index (χ0n) is 9.47. The third-order valence-corrected chi connectivity index (χ3v) is 2.57. The smallest absolute Gasteiger partial charge is 0.336 e. The molecule has 0 amide bonds. The molecule has 2 rings (SSSR count). The second-order valence-electron chi connectivity index (χ2n) is 3.98. The van der Waals surface area contributed by atoms with Crippen LogP contribution in [0.2, 0.25) is 0 Å². The molecule has 2 aromatic carbocycles. The Morgan fingerprint density at radius 2 is 1.88 bits per heavy atom. The molecular weight excluding hydrogens is 214 g/mol. The number of aryl methyl sites for hydroxylation is 1. The number of carboxylic acids is 1. The van der Waals surface area contributed by atoms with Crippen molar-refractivity contribution in [1.29, 1.82) is 0 Å². The van der Waals surface area contributed by atoms with Gasteiger partial charge in [0.2, 0.25) is 0 Å². The van der Waals surface area contributed by atoms with Gasteiger partial charge in [-0.1, -0.05) is 24.3 Å². The molecule has 0 bridgehead atoms. The molecule has 0 aliphatic heterocycles. The van der Waals surface area contributed by atoms with Crippen molar-refractivity contribution < 1.29 is 9.90 Å². The monoisotopic (exact) mass is 227 g/mol. The summed E-state index contributed by atoms with van der Waals surface area (Å²) >= 11 is 0. The van der Waals surface area contributed by atoms with Gasteiger partial charge in [-0.2, -0.15) is 0 Å². The highest BCUT2D eigenvalue weighted by atomic mass is 16.4. The number of benzene rings is 2. The Hall–Kier alpha value is -2.29. The maximum absolute atomic E-state index is 11.1. The van der Waals surface area contributed by atoms with E-state index >= 15 is 0 Å². The van der Waals surface area contributed by atoms with Gasteiger partial charge in [0.1, 0.15) is 0 Å². The fraction of sp³-hybridized carbons (Fsp3) is 0.0714. The number of nitrogen functional groups attached to an aromatic ring is 1. The molecule has 0 spiro atoms. The van der Waals surface area contributed by atoms with Gasteiger partial charge < -0.3 is 10.8 Å². The summed E-state index contributed by atoms with van der Waals surface area (Å²) < 4.78 is 0. The van der Waals surface area contributed by atoms with E-state index in [1.807, 2.05) is 25.1 Å². The Bertz CT molecular complexity index is 556.